The molecular weight excluding hydrogens is 320 g/mol. The van der Waals surface area contributed by atoms with Gasteiger partial charge in [0.15, 0.2) is 4.67 Å². The molecule has 1 amide bonds. The van der Waals surface area contributed by atoms with Crippen LogP contribution in [0.5, 0.6) is 0 Å². The van der Waals surface area contributed by atoms with Crippen LogP contribution in [-0.4, -0.2) is 31.9 Å². The Morgan fingerprint density at radius 1 is 1.53 bits per heavy atom. The first-order chi connectivity index (χ1) is 7.74. The first-order valence-electron chi connectivity index (χ1n) is 4.04. The molecule has 94 valence electrons. The molecule has 0 aliphatic carbocycles. The fourth-order valence-corrected chi connectivity index (χ4v) is 2.82. The summed E-state index contributed by atoms with van der Waals surface area (Å²) in [5.74, 6) is -2.83. The number of carbonyl (C=O) groups is 2. The summed E-state index contributed by atoms with van der Waals surface area (Å²) < 4.78 is 29.4. The van der Waals surface area contributed by atoms with Gasteiger partial charge in [-0.25, -0.2) is 17.9 Å². The molecule has 0 atom stereocenters. The van der Waals surface area contributed by atoms with Gasteiger partial charge in [0.05, 0.1) is 6.54 Å². The number of halogens is 1. The average Bonchev–Trinajstić information content (AvgIpc) is 2.58. The van der Waals surface area contributed by atoms with E-state index in [1.807, 2.05) is 4.72 Å². The molecule has 0 bridgehead atoms. The lowest BCUT2D eigenvalue weighted by Crippen LogP contribution is -2.33. The van der Waals surface area contributed by atoms with Crippen LogP contribution < -0.4 is 10.5 Å². The monoisotopic (exact) mass is 326 g/mol. The van der Waals surface area contributed by atoms with Gasteiger partial charge in [-0.3, -0.25) is 4.79 Å². The molecule has 0 aromatic carbocycles. The van der Waals surface area contributed by atoms with Crippen LogP contribution in [0, 0.1) is 0 Å². The van der Waals surface area contributed by atoms with E-state index >= 15 is 0 Å². The molecule has 0 spiro atoms. The van der Waals surface area contributed by atoms with Crippen LogP contribution in [0.2, 0.25) is 0 Å². The van der Waals surface area contributed by atoms with Gasteiger partial charge >= 0.3 is 5.97 Å². The summed E-state index contributed by atoms with van der Waals surface area (Å²) >= 11 is 2.76. The largest absolute Gasteiger partial charge is 0.475 e. The summed E-state index contributed by atoms with van der Waals surface area (Å²) in [5.41, 5.74) is 4.77. The fourth-order valence-electron chi connectivity index (χ4n) is 0.885. The van der Waals surface area contributed by atoms with Crippen LogP contribution in [0.15, 0.2) is 20.0 Å². The molecule has 0 saturated carbocycles. The van der Waals surface area contributed by atoms with Gasteiger partial charge in [0.25, 0.3) is 0 Å². The van der Waals surface area contributed by atoms with Crippen LogP contribution >= 0.6 is 15.9 Å². The predicted molar refractivity (Wildman–Crippen MR) is 57.8 cm³/mol. The minimum absolute atomic E-state index is 0.271. The van der Waals surface area contributed by atoms with Crippen molar-refractivity contribution in [2.24, 2.45) is 5.73 Å². The van der Waals surface area contributed by atoms with E-state index in [2.05, 4.69) is 20.3 Å². The Labute approximate surface area is 104 Å². The quantitative estimate of drug-likeness (QED) is 0.666. The fraction of sp³-hybridized carbons (Fsp3) is 0.143. The molecule has 0 saturated heterocycles. The molecule has 0 fully saturated rings. The molecule has 1 rings (SSSR count). The Morgan fingerprint density at radius 3 is 2.53 bits per heavy atom. The first kappa shape index (κ1) is 13.7. The normalized spacial score (nSPS) is 11.4. The SMILES string of the molecule is NC(=O)CNS(=O)(=O)c1cc(C(=O)O)oc1Br. The molecule has 17 heavy (non-hydrogen) atoms. The van der Waals surface area contributed by atoms with Crippen molar-refractivity contribution >= 4 is 37.8 Å². The Hall–Kier alpha value is -1.39. The van der Waals surface area contributed by atoms with Crippen molar-refractivity contribution in [1.82, 2.24) is 4.72 Å². The standard InChI is InChI=1S/C7H7BrN2O6S/c8-6-4(1-3(16-6)7(12)13)17(14,15)10-2-5(9)11/h1,10H,2H2,(H2,9,11)(H,12,13). The van der Waals surface area contributed by atoms with Crippen LogP contribution in [0.1, 0.15) is 10.6 Å². The van der Waals surface area contributed by atoms with Gasteiger partial charge in [0.2, 0.25) is 21.7 Å². The second-order valence-electron chi connectivity index (χ2n) is 2.84. The molecule has 10 heteroatoms. The molecule has 1 aromatic heterocycles. The van der Waals surface area contributed by atoms with Crippen LogP contribution in [-0.2, 0) is 14.8 Å². The van der Waals surface area contributed by atoms with Crippen LogP contribution in [0.3, 0.4) is 0 Å². The molecule has 0 aliphatic rings. The van der Waals surface area contributed by atoms with E-state index in [0.29, 0.717) is 0 Å². The van der Waals surface area contributed by atoms with Gasteiger partial charge in [-0.15, -0.1) is 0 Å². The second kappa shape index (κ2) is 4.85. The van der Waals surface area contributed by atoms with E-state index < -0.39 is 39.1 Å². The zero-order chi connectivity index (χ0) is 13.2. The van der Waals surface area contributed by atoms with Gasteiger partial charge in [0.1, 0.15) is 4.90 Å². The number of carbonyl (C=O) groups excluding carboxylic acids is 1. The lowest BCUT2D eigenvalue weighted by atomic mass is 10.5. The van der Waals surface area contributed by atoms with Gasteiger partial charge < -0.3 is 15.3 Å². The van der Waals surface area contributed by atoms with Crippen molar-refractivity contribution in [2.45, 2.75) is 4.90 Å². The third-order valence-electron chi connectivity index (χ3n) is 1.59. The zero-order valence-electron chi connectivity index (χ0n) is 8.14. The Bertz CT molecular complexity index is 563. The second-order valence-corrected chi connectivity index (χ2v) is 5.30. The van der Waals surface area contributed by atoms with Gasteiger partial charge in [-0.05, 0) is 15.9 Å². The minimum Gasteiger partial charge on any atom is -0.475 e. The molecule has 0 unspecified atom stereocenters. The highest BCUT2D eigenvalue weighted by Gasteiger charge is 2.24. The Morgan fingerprint density at radius 2 is 2.12 bits per heavy atom. The highest BCUT2D eigenvalue weighted by molar-refractivity contribution is 9.10. The third-order valence-corrected chi connectivity index (χ3v) is 3.85. The van der Waals surface area contributed by atoms with E-state index in [-0.39, 0.29) is 4.67 Å². The predicted octanol–water partition coefficient (Wildman–Crippen LogP) is -0.496. The Balaban J connectivity index is 3.07. The molecule has 8 nitrogen and oxygen atoms in total. The summed E-state index contributed by atoms with van der Waals surface area (Å²) in [4.78, 5) is 20.6. The number of nitrogens with one attached hydrogen (secondary N) is 1. The summed E-state index contributed by atoms with van der Waals surface area (Å²) in [6.07, 6.45) is 0. The number of aromatic carboxylic acids is 1. The summed E-state index contributed by atoms with van der Waals surface area (Å²) in [5, 5.41) is 8.60. The molecule has 4 N–H and O–H groups in total. The maximum atomic E-state index is 11.6. The maximum absolute atomic E-state index is 11.6. The van der Waals surface area contributed by atoms with Crippen molar-refractivity contribution in [3.05, 3.63) is 16.5 Å². The number of carboxylic acid groups (broad SMARTS) is 1. The zero-order valence-corrected chi connectivity index (χ0v) is 10.5. The maximum Gasteiger partial charge on any atom is 0.371 e. The number of nitrogens with two attached hydrogens (primary N) is 1. The van der Waals surface area contributed by atoms with Gasteiger partial charge in [-0.2, -0.15) is 0 Å². The number of hydrogen-bond acceptors (Lipinski definition) is 5. The highest BCUT2D eigenvalue weighted by Crippen LogP contribution is 2.25. The smallest absolute Gasteiger partial charge is 0.371 e. The summed E-state index contributed by atoms with van der Waals surface area (Å²) in [6, 6.07) is 0.815. The van der Waals surface area contributed by atoms with Gasteiger partial charge in [-0.1, -0.05) is 0 Å². The lowest BCUT2D eigenvalue weighted by Gasteiger charge is -2.01. The molecule has 0 radical (unpaired) electrons. The number of hydrogen-bond donors (Lipinski definition) is 3. The molecule has 1 heterocycles. The average molecular weight is 327 g/mol. The number of carboxylic acids is 1. The lowest BCUT2D eigenvalue weighted by molar-refractivity contribution is -0.116. The number of furan rings is 1. The van der Waals surface area contributed by atoms with E-state index in [9.17, 15) is 18.0 Å². The number of rotatable bonds is 5. The number of sulfonamides is 1. The van der Waals surface area contributed by atoms with Crippen molar-refractivity contribution in [1.29, 1.82) is 0 Å². The molecule has 1 aromatic rings. The van der Waals surface area contributed by atoms with Crippen LogP contribution in [0.4, 0.5) is 0 Å². The van der Waals surface area contributed by atoms with Crippen molar-refractivity contribution in [2.75, 3.05) is 6.54 Å². The van der Waals surface area contributed by atoms with E-state index in [1.165, 1.54) is 0 Å². The minimum atomic E-state index is -4.05. The van der Waals surface area contributed by atoms with E-state index in [4.69, 9.17) is 10.8 Å². The molecular formula is C7H7BrN2O6S. The first-order valence-corrected chi connectivity index (χ1v) is 6.32. The van der Waals surface area contributed by atoms with Crippen LogP contribution in [0.25, 0.3) is 0 Å². The molecule has 0 aliphatic heterocycles. The summed E-state index contributed by atoms with van der Waals surface area (Å²) in [7, 11) is -4.05. The third kappa shape index (κ3) is 3.28. The van der Waals surface area contributed by atoms with Crippen molar-refractivity contribution in [3.63, 3.8) is 0 Å². The van der Waals surface area contributed by atoms with Crippen molar-refractivity contribution < 1.29 is 27.5 Å². The van der Waals surface area contributed by atoms with Gasteiger partial charge in [0, 0.05) is 6.07 Å². The Kier molecular flexibility index (Phi) is 3.91. The number of primary amides is 1. The number of amides is 1. The topological polar surface area (TPSA) is 140 Å². The van der Waals surface area contributed by atoms with E-state index in [0.717, 1.165) is 6.07 Å². The van der Waals surface area contributed by atoms with Crippen molar-refractivity contribution in [3.8, 4) is 0 Å². The summed E-state index contributed by atoms with van der Waals surface area (Å²) in [6.45, 7) is -0.595. The van der Waals surface area contributed by atoms with E-state index in [1.54, 1.807) is 0 Å². The highest BCUT2D eigenvalue weighted by atomic mass is 79.9.